The molecule has 0 fully saturated rings. The molecular weight excluding hydrogens is 88.1 g/mol. The van der Waals surface area contributed by atoms with E-state index < -0.39 is 0 Å². The van der Waals surface area contributed by atoms with Gasteiger partial charge in [0.05, 0.1) is 0 Å². The van der Waals surface area contributed by atoms with E-state index in [0.29, 0.717) is 0 Å². The van der Waals surface area contributed by atoms with Crippen molar-refractivity contribution in [1.82, 2.24) is 0 Å². The van der Waals surface area contributed by atoms with E-state index in [2.05, 4.69) is 5.92 Å². The first-order valence-electron chi connectivity index (χ1n) is 1.74. The molecule has 0 unspecified atom stereocenters. The summed E-state index contributed by atoms with van der Waals surface area (Å²) < 4.78 is 0. The molecule has 0 aliphatic carbocycles. The lowest BCUT2D eigenvalue weighted by molar-refractivity contribution is 0.569. The largest absolute Gasteiger partial charge is 0.234 e. The molecule has 0 N–H and O–H groups in total. The van der Waals surface area contributed by atoms with Gasteiger partial charge in [-0.1, -0.05) is 5.92 Å². The molecule has 0 aromatic heterocycles. The van der Waals surface area contributed by atoms with Gasteiger partial charge in [0.15, 0.2) is 0 Å². The van der Waals surface area contributed by atoms with Crippen molar-refractivity contribution in [2.24, 2.45) is 0 Å². The number of hydrogen-bond acceptors (Lipinski definition) is 1. The summed E-state index contributed by atoms with van der Waals surface area (Å²) in [5.41, 5.74) is 0. The molecule has 0 aromatic rings. The monoisotopic (exact) mass is 92.0 g/mol. The average Bonchev–Trinajstić information content (AvgIpc) is 1.69. The summed E-state index contributed by atoms with van der Waals surface area (Å²) in [7, 11) is 0. The van der Waals surface area contributed by atoms with Gasteiger partial charge in [-0.3, -0.25) is 0 Å². The lowest BCUT2D eigenvalue weighted by atomic mass is 10.5. The molecule has 0 atom stereocenters. The zero-order chi connectivity index (χ0) is 5.54. The highest BCUT2D eigenvalue weighted by molar-refractivity contribution is 5.49. The zero-order valence-electron chi connectivity index (χ0n) is 3.72. The van der Waals surface area contributed by atoms with E-state index in [1.54, 1.807) is 5.94 Å². The lowest BCUT2D eigenvalue weighted by Crippen LogP contribution is -1.46. The second-order valence-electron chi connectivity index (χ2n) is 0.810. The van der Waals surface area contributed by atoms with Gasteiger partial charge in [-0.15, -0.1) is 6.42 Å². The van der Waals surface area contributed by atoms with E-state index in [-0.39, 0.29) is 0 Å². The van der Waals surface area contributed by atoms with Crippen molar-refractivity contribution < 1.29 is 4.79 Å². The second kappa shape index (κ2) is 4.75. The molecule has 0 rings (SSSR count). The SMILES string of the molecule is C#C/C=C/C=C=O. The van der Waals surface area contributed by atoms with Gasteiger partial charge in [-0.2, -0.15) is 0 Å². The van der Waals surface area contributed by atoms with Crippen molar-refractivity contribution in [3.05, 3.63) is 18.2 Å². The highest BCUT2D eigenvalue weighted by atomic mass is 16.1. The Morgan fingerprint density at radius 1 is 1.57 bits per heavy atom. The molecular formula is C6H4O. The Morgan fingerprint density at radius 2 is 2.29 bits per heavy atom. The average molecular weight is 92.1 g/mol. The van der Waals surface area contributed by atoms with Gasteiger partial charge in [-0.25, -0.2) is 4.79 Å². The molecule has 34 valence electrons. The molecule has 0 saturated heterocycles. The molecule has 0 aliphatic heterocycles. The molecule has 1 heteroatoms. The quantitative estimate of drug-likeness (QED) is 0.262. The minimum absolute atomic E-state index is 1.21. The van der Waals surface area contributed by atoms with Gasteiger partial charge in [0, 0.05) is 6.08 Å². The van der Waals surface area contributed by atoms with Crippen molar-refractivity contribution in [3.63, 3.8) is 0 Å². The first-order valence-corrected chi connectivity index (χ1v) is 1.74. The van der Waals surface area contributed by atoms with Crippen molar-refractivity contribution >= 4 is 5.94 Å². The molecule has 7 heavy (non-hydrogen) atoms. The molecule has 0 saturated carbocycles. The molecule has 0 heterocycles. The van der Waals surface area contributed by atoms with E-state index in [0.717, 1.165) is 0 Å². The van der Waals surface area contributed by atoms with Crippen LogP contribution in [0, 0.1) is 12.3 Å². The fraction of sp³-hybridized carbons (Fsp3) is 0. The molecule has 1 nitrogen and oxygen atoms in total. The fourth-order valence-electron chi connectivity index (χ4n) is 0.143. The molecule has 0 bridgehead atoms. The van der Waals surface area contributed by atoms with Crippen LogP contribution in [-0.4, -0.2) is 5.94 Å². The van der Waals surface area contributed by atoms with E-state index in [1.165, 1.54) is 18.2 Å². The van der Waals surface area contributed by atoms with Crippen LogP contribution in [-0.2, 0) is 4.79 Å². The predicted octanol–water partition coefficient (Wildman–Crippen LogP) is 0.564. The normalized spacial score (nSPS) is 7.29. The first kappa shape index (κ1) is 5.75. The van der Waals surface area contributed by atoms with Crippen LogP contribution in [0.3, 0.4) is 0 Å². The highest BCUT2D eigenvalue weighted by Gasteiger charge is 1.52. The molecule has 0 aromatic carbocycles. The van der Waals surface area contributed by atoms with Crippen LogP contribution in [0.4, 0.5) is 0 Å². The molecule has 0 radical (unpaired) electrons. The zero-order valence-corrected chi connectivity index (χ0v) is 3.72. The van der Waals surface area contributed by atoms with E-state index >= 15 is 0 Å². The van der Waals surface area contributed by atoms with E-state index in [1.807, 2.05) is 0 Å². The molecule has 0 spiro atoms. The Kier molecular flexibility index (Phi) is 3.90. The Bertz CT molecular complexity index is 142. The Labute approximate surface area is 42.3 Å². The summed E-state index contributed by atoms with van der Waals surface area (Å²) >= 11 is 0. The van der Waals surface area contributed by atoms with E-state index in [4.69, 9.17) is 6.42 Å². The number of carbonyl (C=O) groups excluding carboxylic acids is 1. The summed E-state index contributed by atoms with van der Waals surface area (Å²) in [4.78, 5) is 9.38. The van der Waals surface area contributed by atoms with Gasteiger partial charge in [0.25, 0.3) is 0 Å². The highest BCUT2D eigenvalue weighted by Crippen LogP contribution is 1.64. The van der Waals surface area contributed by atoms with Crippen molar-refractivity contribution in [2.45, 2.75) is 0 Å². The maximum Gasteiger partial charge on any atom is 0.124 e. The summed E-state index contributed by atoms with van der Waals surface area (Å²) in [5, 5.41) is 0. The van der Waals surface area contributed by atoms with Crippen molar-refractivity contribution in [3.8, 4) is 12.3 Å². The van der Waals surface area contributed by atoms with Crippen molar-refractivity contribution in [1.29, 1.82) is 0 Å². The topological polar surface area (TPSA) is 17.1 Å². The minimum atomic E-state index is 1.21. The van der Waals surface area contributed by atoms with Crippen molar-refractivity contribution in [2.75, 3.05) is 0 Å². The fourth-order valence-corrected chi connectivity index (χ4v) is 0.143. The van der Waals surface area contributed by atoms with Crippen LogP contribution in [0.1, 0.15) is 0 Å². The van der Waals surface area contributed by atoms with Crippen LogP contribution >= 0.6 is 0 Å². The number of rotatable bonds is 1. The van der Waals surface area contributed by atoms with Gasteiger partial charge >= 0.3 is 0 Å². The predicted molar refractivity (Wildman–Crippen MR) is 28.2 cm³/mol. The molecule has 0 aliphatic rings. The second-order valence-corrected chi connectivity index (χ2v) is 0.810. The third-order valence-electron chi connectivity index (χ3n) is 0.357. The van der Waals surface area contributed by atoms with Crippen LogP contribution in [0.25, 0.3) is 0 Å². The summed E-state index contributed by atoms with van der Waals surface area (Å²) in [6, 6.07) is 0. The van der Waals surface area contributed by atoms with Gasteiger partial charge in [0.2, 0.25) is 0 Å². The number of terminal acetylenes is 1. The third-order valence-corrected chi connectivity index (χ3v) is 0.357. The van der Waals surface area contributed by atoms with Gasteiger partial charge in [-0.05, 0) is 12.2 Å². The van der Waals surface area contributed by atoms with Crippen LogP contribution in [0.2, 0.25) is 0 Å². The van der Waals surface area contributed by atoms with E-state index in [9.17, 15) is 4.79 Å². The maximum atomic E-state index is 9.38. The smallest absolute Gasteiger partial charge is 0.124 e. The first-order chi connectivity index (χ1) is 3.41. The maximum absolute atomic E-state index is 9.38. The van der Waals surface area contributed by atoms with Crippen LogP contribution in [0.5, 0.6) is 0 Å². The van der Waals surface area contributed by atoms with Gasteiger partial charge in [0.1, 0.15) is 5.94 Å². The summed E-state index contributed by atoms with van der Waals surface area (Å²) in [5.74, 6) is 3.76. The third kappa shape index (κ3) is 4.75. The Hall–Kier alpha value is -1.25. The van der Waals surface area contributed by atoms with Gasteiger partial charge < -0.3 is 0 Å². The minimum Gasteiger partial charge on any atom is -0.234 e. The number of allylic oxidation sites excluding steroid dienone is 3. The number of hydrogen-bond donors (Lipinski definition) is 0. The summed E-state index contributed by atoms with van der Waals surface area (Å²) in [6.45, 7) is 0. The lowest BCUT2D eigenvalue weighted by Gasteiger charge is -1.55. The molecule has 0 amide bonds. The van der Waals surface area contributed by atoms with Crippen LogP contribution < -0.4 is 0 Å². The standard InChI is InChI=1S/C6H4O/c1-2-3-4-5-6-7/h1,3-5H/b4-3+. The van der Waals surface area contributed by atoms with Crippen LogP contribution in [0.15, 0.2) is 18.2 Å². The Balaban J connectivity index is 3.54. The summed E-state index contributed by atoms with van der Waals surface area (Å²) in [6.07, 6.45) is 8.86. The Morgan fingerprint density at radius 3 is 2.71 bits per heavy atom.